The summed E-state index contributed by atoms with van der Waals surface area (Å²) in [5, 5.41) is 6.88. The Morgan fingerprint density at radius 1 is 1.65 bits per heavy atom. The van der Waals surface area contributed by atoms with Gasteiger partial charge in [-0.3, -0.25) is 9.36 Å². The Hall–Kier alpha value is -1.24. The molecule has 2 rings (SSSR count). The first-order valence-electron chi connectivity index (χ1n) is 5.57. The largest absolute Gasteiger partial charge is 0.462 e. The number of aromatic nitrogens is 3. The fourth-order valence-corrected chi connectivity index (χ4v) is 2.26. The summed E-state index contributed by atoms with van der Waals surface area (Å²) >= 11 is 1.23. The molecule has 1 fully saturated rings. The zero-order valence-electron chi connectivity index (χ0n) is 9.80. The second kappa shape index (κ2) is 4.95. The van der Waals surface area contributed by atoms with Crippen LogP contribution in [0.1, 0.15) is 32.7 Å². The van der Waals surface area contributed by atoms with E-state index in [9.17, 15) is 9.59 Å². The molecule has 1 aliphatic rings. The standard InChI is InChI=1S/C10H15N3O3S/c1-6(2)16-8(14)5-17-10-12-11-9(15)13(10)7-3-4-7/h6-7H,3-5H2,1-2H3,(H,11,15). The number of carbonyl (C=O) groups excluding carboxylic acids is 1. The van der Waals surface area contributed by atoms with Crippen molar-refractivity contribution in [2.24, 2.45) is 0 Å². The van der Waals surface area contributed by atoms with E-state index >= 15 is 0 Å². The molecule has 0 radical (unpaired) electrons. The molecule has 1 aliphatic carbocycles. The molecule has 1 heterocycles. The maximum absolute atomic E-state index is 11.5. The molecule has 17 heavy (non-hydrogen) atoms. The fraction of sp³-hybridized carbons (Fsp3) is 0.700. The number of aromatic amines is 1. The summed E-state index contributed by atoms with van der Waals surface area (Å²) < 4.78 is 6.63. The first kappa shape index (κ1) is 12.2. The highest BCUT2D eigenvalue weighted by atomic mass is 32.2. The van der Waals surface area contributed by atoms with E-state index in [1.165, 1.54) is 11.8 Å². The number of thioether (sulfide) groups is 1. The number of esters is 1. The minimum absolute atomic E-state index is 0.118. The van der Waals surface area contributed by atoms with E-state index in [0.29, 0.717) is 5.16 Å². The molecule has 1 aromatic heterocycles. The number of hydrogen-bond donors (Lipinski definition) is 1. The maximum Gasteiger partial charge on any atom is 0.344 e. The molecule has 1 aromatic rings. The third kappa shape index (κ3) is 3.12. The van der Waals surface area contributed by atoms with Crippen molar-refractivity contribution in [1.29, 1.82) is 0 Å². The van der Waals surface area contributed by atoms with Crippen molar-refractivity contribution in [2.75, 3.05) is 5.75 Å². The minimum atomic E-state index is -0.289. The van der Waals surface area contributed by atoms with Crippen LogP contribution >= 0.6 is 11.8 Å². The maximum atomic E-state index is 11.5. The van der Waals surface area contributed by atoms with Gasteiger partial charge in [0.05, 0.1) is 11.9 Å². The fourth-order valence-electron chi connectivity index (χ4n) is 1.47. The van der Waals surface area contributed by atoms with Crippen molar-refractivity contribution >= 4 is 17.7 Å². The van der Waals surface area contributed by atoms with Crippen LogP contribution in [0.3, 0.4) is 0 Å². The van der Waals surface area contributed by atoms with Crippen molar-refractivity contribution in [1.82, 2.24) is 14.8 Å². The van der Waals surface area contributed by atoms with Gasteiger partial charge in [0, 0.05) is 6.04 Å². The Balaban J connectivity index is 1.95. The summed E-state index contributed by atoms with van der Waals surface area (Å²) in [6, 6.07) is 0.255. The van der Waals surface area contributed by atoms with Gasteiger partial charge in [-0.25, -0.2) is 9.89 Å². The Labute approximate surface area is 103 Å². The Morgan fingerprint density at radius 2 is 2.35 bits per heavy atom. The topological polar surface area (TPSA) is 77.0 Å². The average Bonchev–Trinajstić information content (AvgIpc) is 2.99. The number of nitrogens with zero attached hydrogens (tertiary/aromatic N) is 2. The summed E-state index contributed by atoms with van der Waals surface area (Å²) in [4.78, 5) is 22.8. The first-order valence-corrected chi connectivity index (χ1v) is 6.55. The second-order valence-corrected chi connectivity index (χ2v) is 5.18. The van der Waals surface area contributed by atoms with Gasteiger partial charge in [0.2, 0.25) is 0 Å². The third-order valence-corrected chi connectivity index (χ3v) is 3.20. The van der Waals surface area contributed by atoms with Crippen molar-refractivity contribution in [3.63, 3.8) is 0 Å². The lowest BCUT2D eigenvalue weighted by molar-refractivity contribution is -0.144. The van der Waals surface area contributed by atoms with Crippen LogP contribution in [0.4, 0.5) is 0 Å². The van der Waals surface area contributed by atoms with Gasteiger partial charge in [-0.15, -0.1) is 5.10 Å². The van der Waals surface area contributed by atoms with E-state index in [0.717, 1.165) is 12.8 Å². The lowest BCUT2D eigenvalue weighted by Gasteiger charge is -2.07. The smallest absolute Gasteiger partial charge is 0.344 e. The van der Waals surface area contributed by atoms with E-state index in [1.54, 1.807) is 18.4 Å². The van der Waals surface area contributed by atoms with Gasteiger partial charge in [0.1, 0.15) is 0 Å². The summed E-state index contributed by atoms with van der Waals surface area (Å²) in [5.74, 6) is -0.113. The van der Waals surface area contributed by atoms with Crippen LogP contribution in [-0.4, -0.2) is 32.6 Å². The SMILES string of the molecule is CC(C)OC(=O)CSc1n[nH]c(=O)n1C1CC1. The highest BCUT2D eigenvalue weighted by molar-refractivity contribution is 7.99. The molecule has 0 spiro atoms. The normalized spacial score (nSPS) is 15.2. The van der Waals surface area contributed by atoms with Crippen LogP contribution in [0.2, 0.25) is 0 Å². The number of H-pyrrole nitrogens is 1. The van der Waals surface area contributed by atoms with Crippen LogP contribution < -0.4 is 5.69 Å². The third-order valence-electron chi connectivity index (χ3n) is 2.27. The predicted octanol–water partition coefficient (Wildman–Crippen LogP) is 0.950. The highest BCUT2D eigenvalue weighted by Crippen LogP contribution is 2.35. The van der Waals surface area contributed by atoms with Gasteiger partial charge in [-0.1, -0.05) is 11.8 Å². The number of ether oxygens (including phenoxy) is 1. The molecular weight excluding hydrogens is 242 g/mol. The quantitative estimate of drug-likeness (QED) is 0.627. The van der Waals surface area contributed by atoms with E-state index in [4.69, 9.17) is 4.74 Å². The van der Waals surface area contributed by atoms with Crippen LogP contribution in [0.15, 0.2) is 9.95 Å². The molecule has 94 valence electrons. The van der Waals surface area contributed by atoms with Crippen molar-refractivity contribution in [3.05, 3.63) is 10.5 Å². The Bertz CT molecular complexity index is 462. The molecule has 0 amide bonds. The van der Waals surface area contributed by atoms with Crippen molar-refractivity contribution in [2.45, 2.75) is 44.0 Å². The number of nitrogens with one attached hydrogen (secondary N) is 1. The predicted molar refractivity (Wildman–Crippen MR) is 63.1 cm³/mol. The lowest BCUT2D eigenvalue weighted by atomic mass is 10.5. The molecule has 0 bridgehead atoms. The summed E-state index contributed by atoms with van der Waals surface area (Å²) in [5.41, 5.74) is -0.202. The molecule has 0 aromatic carbocycles. The molecule has 1 saturated carbocycles. The van der Waals surface area contributed by atoms with Crippen LogP contribution in [-0.2, 0) is 9.53 Å². The minimum Gasteiger partial charge on any atom is -0.462 e. The monoisotopic (exact) mass is 257 g/mol. The summed E-state index contributed by atoms with van der Waals surface area (Å²) in [6.07, 6.45) is 1.89. The number of rotatable bonds is 5. The molecule has 6 nitrogen and oxygen atoms in total. The Kier molecular flexibility index (Phi) is 3.56. The van der Waals surface area contributed by atoms with Gasteiger partial charge in [-0.05, 0) is 26.7 Å². The molecule has 0 aliphatic heterocycles. The van der Waals surface area contributed by atoms with Gasteiger partial charge in [0.25, 0.3) is 0 Å². The van der Waals surface area contributed by atoms with Crippen molar-refractivity contribution in [3.8, 4) is 0 Å². The van der Waals surface area contributed by atoms with Gasteiger partial charge in [0.15, 0.2) is 5.16 Å². The summed E-state index contributed by atoms with van der Waals surface area (Å²) in [6.45, 7) is 3.61. The van der Waals surface area contributed by atoms with E-state index < -0.39 is 0 Å². The first-order chi connectivity index (χ1) is 8.08. The second-order valence-electron chi connectivity index (χ2n) is 4.24. The molecule has 0 atom stereocenters. The lowest BCUT2D eigenvalue weighted by Crippen LogP contribution is -2.17. The molecule has 1 N–H and O–H groups in total. The van der Waals surface area contributed by atoms with Crippen molar-refractivity contribution < 1.29 is 9.53 Å². The van der Waals surface area contributed by atoms with E-state index in [2.05, 4.69) is 10.2 Å². The molecular formula is C10H15N3O3S. The van der Waals surface area contributed by atoms with E-state index in [-0.39, 0.29) is 29.6 Å². The molecule has 0 saturated heterocycles. The van der Waals surface area contributed by atoms with Gasteiger partial charge < -0.3 is 4.74 Å². The van der Waals surface area contributed by atoms with Gasteiger partial charge in [-0.2, -0.15) is 0 Å². The Morgan fingerprint density at radius 3 is 2.94 bits per heavy atom. The van der Waals surface area contributed by atoms with E-state index in [1.807, 2.05) is 0 Å². The zero-order valence-corrected chi connectivity index (χ0v) is 10.6. The highest BCUT2D eigenvalue weighted by Gasteiger charge is 2.28. The van der Waals surface area contributed by atoms with Crippen LogP contribution in [0, 0.1) is 0 Å². The van der Waals surface area contributed by atoms with Crippen LogP contribution in [0.5, 0.6) is 0 Å². The van der Waals surface area contributed by atoms with Gasteiger partial charge >= 0.3 is 11.7 Å². The molecule has 7 heteroatoms. The number of hydrogen-bond acceptors (Lipinski definition) is 5. The number of carbonyl (C=O) groups is 1. The summed E-state index contributed by atoms with van der Waals surface area (Å²) in [7, 11) is 0. The van der Waals surface area contributed by atoms with Crippen LogP contribution in [0.25, 0.3) is 0 Å². The zero-order chi connectivity index (χ0) is 12.4. The average molecular weight is 257 g/mol. The molecule has 0 unspecified atom stereocenters.